The lowest BCUT2D eigenvalue weighted by Gasteiger charge is -2.04. The molecule has 1 aliphatic rings. The van der Waals surface area contributed by atoms with E-state index in [0.717, 1.165) is 35.5 Å². The van der Waals surface area contributed by atoms with Crippen molar-refractivity contribution in [2.75, 3.05) is 0 Å². The Labute approximate surface area is 135 Å². The summed E-state index contributed by atoms with van der Waals surface area (Å²) in [6.07, 6.45) is 3.62. The number of aryl methyl sites for hydroxylation is 1. The summed E-state index contributed by atoms with van der Waals surface area (Å²) in [6.45, 7) is 3.82. The number of rotatable bonds is 4. The van der Waals surface area contributed by atoms with Gasteiger partial charge in [0.1, 0.15) is 11.6 Å². The Kier molecular flexibility index (Phi) is 3.98. The fraction of sp³-hybridized carbons (Fsp3) is 0.278. The Balaban J connectivity index is 1.96. The molecule has 5 heteroatoms. The zero-order valence-electron chi connectivity index (χ0n) is 13.2. The van der Waals surface area contributed by atoms with Crippen molar-refractivity contribution in [1.82, 2.24) is 15.1 Å². The minimum atomic E-state index is -0.304. The number of benzene rings is 1. The van der Waals surface area contributed by atoms with Crippen LogP contribution in [-0.2, 0) is 4.79 Å². The summed E-state index contributed by atoms with van der Waals surface area (Å²) in [5.41, 5.74) is 3.58. The molecule has 2 aromatic rings. The number of hydrogen-bond donors (Lipinski definition) is 1. The van der Waals surface area contributed by atoms with Crippen molar-refractivity contribution >= 4 is 12.0 Å². The number of nitriles is 1. The molecule has 1 aromatic carbocycles. The van der Waals surface area contributed by atoms with Crippen LogP contribution >= 0.6 is 0 Å². The number of hydrogen-bond acceptors (Lipinski definition) is 3. The topological polar surface area (TPSA) is 70.7 Å². The highest BCUT2D eigenvalue weighted by molar-refractivity contribution is 6.02. The van der Waals surface area contributed by atoms with E-state index in [1.54, 1.807) is 6.08 Å². The van der Waals surface area contributed by atoms with Crippen molar-refractivity contribution in [2.45, 2.75) is 32.7 Å². The SMILES string of the molecule is Cc1nn(-c2ccccc2)c(C)c1/C=C(\C#N)C(=O)NC1CC1. The standard InChI is InChI=1S/C18H18N4O/c1-12-17(10-14(11-19)18(23)20-15-8-9-15)13(2)22(21-12)16-6-4-3-5-7-16/h3-7,10,15H,8-9H2,1-2H3,(H,20,23)/b14-10+. The first-order valence-electron chi connectivity index (χ1n) is 7.64. The van der Waals surface area contributed by atoms with Crippen LogP contribution in [0.2, 0.25) is 0 Å². The maximum atomic E-state index is 12.1. The summed E-state index contributed by atoms with van der Waals surface area (Å²) in [5.74, 6) is -0.304. The lowest BCUT2D eigenvalue weighted by molar-refractivity contribution is -0.117. The monoisotopic (exact) mass is 306 g/mol. The largest absolute Gasteiger partial charge is 0.349 e. The number of nitrogens with zero attached hydrogens (tertiary/aromatic N) is 3. The third kappa shape index (κ3) is 3.16. The van der Waals surface area contributed by atoms with Gasteiger partial charge in [-0.25, -0.2) is 4.68 Å². The summed E-state index contributed by atoms with van der Waals surface area (Å²) in [6, 6.07) is 12.0. The van der Waals surface area contributed by atoms with Crippen LogP contribution in [0.5, 0.6) is 0 Å². The van der Waals surface area contributed by atoms with Gasteiger partial charge in [0.2, 0.25) is 0 Å². The smallest absolute Gasteiger partial charge is 0.262 e. The average molecular weight is 306 g/mol. The van der Waals surface area contributed by atoms with Crippen molar-refractivity contribution in [3.8, 4) is 11.8 Å². The first-order valence-corrected chi connectivity index (χ1v) is 7.64. The molecular weight excluding hydrogens is 288 g/mol. The molecule has 0 radical (unpaired) electrons. The van der Waals surface area contributed by atoms with Crippen molar-refractivity contribution in [2.24, 2.45) is 0 Å². The molecule has 23 heavy (non-hydrogen) atoms. The molecule has 1 fully saturated rings. The van der Waals surface area contributed by atoms with Crippen LogP contribution in [-0.4, -0.2) is 21.7 Å². The second-order valence-electron chi connectivity index (χ2n) is 5.75. The normalized spacial score (nSPS) is 14.4. The zero-order chi connectivity index (χ0) is 16.4. The second-order valence-corrected chi connectivity index (χ2v) is 5.75. The number of carbonyl (C=O) groups is 1. The molecule has 1 aromatic heterocycles. The Morgan fingerprint density at radius 2 is 2.04 bits per heavy atom. The van der Waals surface area contributed by atoms with E-state index in [0.29, 0.717) is 0 Å². The van der Waals surface area contributed by atoms with E-state index in [1.165, 1.54) is 0 Å². The van der Waals surface area contributed by atoms with E-state index in [1.807, 2.05) is 54.9 Å². The molecule has 116 valence electrons. The van der Waals surface area contributed by atoms with E-state index in [9.17, 15) is 10.1 Å². The van der Waals surface area contributed by atoms with Crippen LogP contribution in [0.3, 0.4) is 0 Å². The summed E-state index contributed by atoms with van der Waals surface area (Å²) in [7, 11) is 0. The molecule has 1 heterocycles. The van der Waals surface area contributed by atoms with E-state index in [-0.39, 0.29) is 17.5 Å². The minimum absolute atomic E-state index is 0.121. The summed E-state index contributed by atoms with van der Waals surface area (Å²) < 4.78 is 1.83. The van der Waals surface area contributed by atoms with Crippen molar-refractivity contribution in [3.63, 3.8) is 0 Å². The Morgan fingerprint density at radius 3 is 2.65 bits per heavy atom. The highest BCUT2D eigenvalue weighted by Gasteiger charge is 2.25. The Bertz CT molecular complexity index is 808. The molecule has 0 atom stereocenters. The van der Waals surface area contributed by atoms with Crippen LogP contribution in [0.4, 0.5) is 0 Å². The van der Waals surface area contributed by atoms with Crippen LogP contribution < -0.4 is 5.32 Å². The first kappa shape index (κ1) is 15.0. The number of carbonyl (C=O) groups excluding carboxylic acids is 1. The lowest BCUT2D eigenvalue weighted by Crippen LogP contribution is -2.26. The Hall–Kier alpha value is -2.87. The minimum Gasteiger partial charge on any atom is -0.349 e. The molecule has 0 spiro atoms. The third-order valence-corrected chi connectivity index (χ3v) is 3.91. The zero-order valence-corrected chi connectivity index (χ0v) is 13.2. The molecule has 1 saturated carbocycles. The number of nitrogens with one attached hydrogen (secondary N) is 1. The van der Waals surface area contributed by atoms with Crippen molar-refractivity contribution < 1.29 is 4.79 Å². The van der Waals surface area contributed by atoms with E-state index in [4.69, 9.17) is 0 Å². The van der Waals surface area contributed by atoms with Crippen LogP contribution in [0.1, 0.15) is 29.8 Å². The van der Waals surface area contributed by atoms with Crippen molar-refractivity contribution in [3.05, 3.63) is 52.9 Å². The number of para-hydroxylation sites is 1. The second kappa shape index (κ2) is 6.09. The van der Waals surface area contributed by atoms with Gasteiger partial charge in [-0.15, -0.1) is 0 Å². The molecule has 0 aliphatic heterocycles. The van der Waals surface area contributed by atoms with Gasteiger partial charge in [0.25, 0.3) is 5.91 Å². The van der Waals surface area contributed by atoms with Gasteiger partial charge in [0, 0.05) is 17.3 Å². The lowest BCUT2D eigenvalue weighted by atomic mass is 10.1. The molecule has 1 aliphatic carbocycles. The molecule has 0 saturated heterocycles. The fourth-order valence-corrected chi connectivity index (χ4v) is 2.47. The van der Waals surface area contributed by atoms with E-state index >= 15 is 0 Å². The van der Waals surface area contributed by atoms with Crippen LogP contribution in [0, 0.1) is 25.2 Å². The van der Waals surface area contributed by atoms with Crippen molar-refractivity contribution in [1.29, 1.82) is 5.26 Å². The maximum absolute atomic E-state index is 12.1. The van der Waals surface area contributed by atoms with Gasteiger partial charge in [-0.2, -0.15) is 10.4 Å². The quantitative estimate of drug-likeness (QED) is 0.697. The highest BCUT2D eigenvalue weighted by atomic mass is 16.1. The highest BCUT2D eigenvalue weighted by Crippen LogP contribution is 2.22. The third-order valence-electron chi connectivity index (χ3n) is 3.91. The average Bonchev–Trinajstić information content (AvgIpc) is 3.32. The summed E-state index contributed by atoms with van der Waals surface area (Å²) in [4.78, 5) is 12.1. The molecular formula is C18H18N4O. The Morgan fingerprint density at radius 1 is 1.35 bits per heavy atom. The predicted octanol–water partition coefficient (Wildman–Crippen LogP) is 2.67. The van der Waals surface area contributed by atoms with Gasteiger partial charge >= 0.3 is 0 Å². The van der Waals surface area contributed by atoms with Crippen LogP contribution in [0.15, 0.2) is 35.9 Å². The number of amides is 1. The maximum Gasteiger partial charge on any atom is 0.262 e. The van der Waals surface area contributed by atoms with Gasteiger partial charge in [0.15, 0.2) is 0 Å². The van der Waals surface area contributed by atoms with Gasteiger partial charge in [0.05, 0.1) is 11.4 Å². The predicted molar refractivity (Wildman–Crippen MR) is 87.8 cm³/mol. The van der Waals surface area contributed by atoms with E-state index < -0.39 is 0 Å². The molecule has 1 N–H and O–H groups in total. The molecule has 1 amide bonds. The molecule has 5 nitrogen and oxygen atoms in total. The molecule has 3 rings (SSSR count). The summed E-state index contributed by atoms with van der Waals surface area (Å²) in [5, 5.41) is 16.7. The van der Waals surface area contributed by atoms with Gasteiger partial charge < -0.3 is 5.32 Å². The first-order chi connectivity index (χ1) is 11.1. The van der Waals surface area contributed by atoms with Gasteiger partial charge in [-0.1, -0.05) is 18.2 Å². The van der Waals surface area contributed by atoms with Crippen LogP contribution in [0.25, 0.3) is 11.8 Å². The fourth-order valence-electron chi connectivity index (χ4n) is 2.47. The summed E-state index contributed by atoms with van der Waals surface area (Å²) >= 11 is 0. The molecule has 0 unspecified atom stereocenters. The molecule has 0 bridgehead atoms. The van der Waals surface area contributed by atoms with E-state index in [2.05, 4.69) is 10.4 Å². The number of aromatic nitrogens is 2. The van der Waals surface area contributed by atoms with Gasteiger partial charge in [-0.05, 0) is 44.9 Å². The van der Waals surface area contributed by atoms with Gasteiger partial charge in [-0.3, -0.25) is 4.79 Å².